The first kappa shape index (κ1) is 28.9. The average Bonchev–Trinajstić information content (AvgIpc) is 3.70. The quantitative estimate of drug-likeness (QED) is 0.129. The third-order valence-electron chi connectivity index (χ3n) is 7.75. The van der Waals surface area contributed by atoms with Crippen LogP contribution in [0.4, 0.5) is 10.6 Å². The number of nitrogens with two attached hydrogens (primary N) is 1. The van der Waals surface area contributed by atoms with Gasteiger partial charge < -0.3 is 35.9 Å². The number of fused-ring (bicyclic) bond motifs is 4. The topological polar surface area (TPSA) is 220 Å². The second-order valence-corrected chi connectivity index (χ2v) is 13.2. The molecule has 0 spiro atoms. The number of aromatic nitrogens is 3. The maximum Gasteiger partial charge on any atom is 0.362 e. The lowest BCUT2D eigenvalue weighted by Crippen LogP contribution is -2.38. The molecule has 3 aliphatic heterocycles. The van der Waals surface area contributed by atoms with Crippen LogP contribution in [0.5, 0.6) is 0 Å². The fourth-order valence-corrected chi connectivity index (χ4v) is 8.01. The summed E-state index contributed by atoms with van der Waals surface area (Å²) in [6.07, 6.45) is -1.96. The van der Waals surface area contributed by atoms with Crippen molar-refractivity contribution in [1.82, 2.24) is 29.9 Å². The largest absolute Gasteiger partial charge is 0.387 e. The first-order chi connectivity index (χ1) is 20.1. The van der Waals surface area contributed by atoms with E-state index in [2.05, 4.69) is 20.6 Å². The second-order valence-electron chi connectivity index (χ2n) is 10.5. The monoisotopic (exact) mass is 621 g/mol. The lowest BCUT2D eigenvalue weighted by Gasteiger charge is -2.18. The van der Waals surface area contributed by atoms with Gasteiger partial charge in [0.15, 0.2) is 12.0 Å². The lowest BCUT2D eigenvalue weighted by atomic mass is 10.0. The summed E-state index contributed by atoms with van der Waals surface area (Å²) in [6.45, 7) is -0.643. The summed E-state index contributed by atoms with van der Waals surface area (Å²) in [5, 5.41) is 28.1. The molecule has 2 aromatic heterocycles. The minimum Gasteiger partial charge on any atom is -0.387 e. The van der Waals surface area contributed by atoms with Gasteiger partial charge in [0.1, 0.15) is 23.8 Å². The van der Waals surface area contributed by atoms with Gasteiger partial charge in [0.2, 0.25) is 5.91 Å². The molecule has 226 valence electrons. The van der Waals surface area contributed by atoms with Gasteiger partial charge in [-0.15, -0.1) is 0 Å². The highest BCUT2D eigenvalue weighted by molar-refractivity contribution is 8.00. The molecular weight excluding hydrogens is 590 g/mol. The van der Waals surface area contributed by atoms with E-state index in [-0.39, 0.29) is 35.6 Å². The molecule has 42 heavy (non-hydrogen) atoms. The Bertz CT molecular complexity index is 1620. The maximum absolute atomic E-state index is 12.4. The van der Waals surface area contributed by atoms with Crippen molar-refractivity contribution in [2.45, 2.75) is 67.6 Å². The van der Waals surface area contributed by atoms with E-state index in [1.807, 2.05) is 16.9 Å². The van der Waals surface area contributed by atoms with Crippen LogP contribution in [-0.2, 0) is 24.0 Å². The Kier molecular flexibility index (Phi) is 7.88. The van der Waals surface area contributed by atoms with Crippen LogP contribution in [0.3, 0.4) is 0 Å². The molecule has 0 saturated carbocycles. The lowest BCUT2D eigenvalue weighted by molar-refractivity contribution is -0.119. The number of urea groups is 1. The van der Waals surface area contributed by atoms with E-state index < -0.39 is 47.4 Å². The highest BCUT2D eigenvalue weighted by Crippen LogP contribution is 2.36. The van der Waals surface area contributed by atoms with Crippen molar-refractivity contribution in [1.29, 1.82) is 0 Å². The molecule has 0 aliphatic carbocycles. The number of rotatable bonds is 10. The molecule has 1 aromatic carbocycles. The standard InChI is InChI=1S/C25H31N7O8S2/c26-23-19-20(12-5-1-2-6-13(12)28-23)32(11-27-19)24-22(35)21(34)15(40-24)9-39-42(37,38)31-17(33)8-4-3-7-16-18-14(10-41-16)29-25(36)30-18/h1-2,5-6,11,14-16,18,21-22,24,34-35H,3-4,7-10H2,(H2,26,28)(H,31,33)(H2,29,30,36)/t14?,15?,16?,18?,21-,22-,24-/m1/s1. The van der Waals surface area contributed by atoms with Gasteiger partial charge in [-0.1, -0.05) is 24.6 Å². The van der Waals surface area contributed by atoms with Crippen LogP contribution in [0.2, 0.25) is 0 Å². The number of aliphatic hydroxyl groups excluding tert-OH is 2. The number of ether oxygens (including phenoxy) is 1. The fraction of sp³-hybridized carbons (Fsp3) is 0.520. The summed E-state index contributed by atoms with van der Waals surface area (Å²) in [4.78, 5) is 32.4. The zero-order chi connectivity index (χ0) is 29.6. The van der Waals surface area contributed by atoms with Gasteiger partial charge in [0.25, 0.3) is 0 Å². The third-order valence-corrected chi connectivity index (χ3v) is 10.2. The van der Waals surface area contributed by atoms with Crippen LogP contribution < -0.4 is 21.1 Å². The summed E-state index contributed by atoms with van der Waals surface area (Å²) in [5.74, 6) is 0.294. The number of para-hydroxylation sites is 1. The van der Waals surface area contributed by atoms with Crippen molar-refractivity contribution < 1.29 is 37.1 Å². The zero-order valence-corrected chi connectivity index (χ0v) is 23.9. The molecular formula is C25H31N7O8S2. The van der Waals surface area contributed by atoms with Gasteiger partial charge in [-0.3, -0.25) is 8.98 Å². The van der Waals surface area contributed by atoms with E-state index in [0.29, 0.717) is 34.8 Å². The van der Waals surface area contributed by atoms with Crippen LogP contribution in [0.25, 0.3) is 21.9 Å². The molecule has 15 nitrogen and oxygen atoms in total. The Morgan fingerprint density at radius 2 is 2.05 bits per heavy atom. The number of benzene rings is 1. The third kappa shape index (κ3) is 5.59. The predicted molar refractivity (Wildman–Crippen MR) is 152 cm³/mol. The van der Waals surface area contributed by atoms with Crippen LogP contribution in [0.1, 0.15) is 31.9 Å². The number of hydrogen-bond donors (Lipinski definition) is 6. The summed E-state index contributed by atoms with van der Waals surface area (Å²) < 4.78 is 39.0. The van der Waals surface area contributed by atoms with E-state index in [4.69, 9.17) is 14.7 Å². The molecule has 17 heteroatoms. The Labute approximate surface area is 244 Å². The number of aliphatic hydroxyl groups is 2. The van der Waals surface area contributed by atoms with Gasteiger partial charge >= 0.3 is 16.3 Å². The first-order valence-corrected chi connectivity index (χ1v) is 16.0. The van der Waals surface area contributed by atoms with E-state index >= 15 is 0 Å². The van der Waals surface area contributed by atoms with E-state index in [1.165, 1.54) is 10.9 Å². The van der Waals surface area contributed by atoms with Crippen LogP contribution in [-0.4, -0.2) is 93.1 Å². The second kappa shape index (κ2) is 11.5. The van der Waals surface area contributed by atoms with Crippen molar-refractivity contribution in [2.24, 2.45) is 0 Å². The van der Waals surface area contributed by atoms with Crippen LogP contribution >= 0.6 is 11.8 Å². The Morgan fingerprint density at radius 1 is 1.24 bits per heavy atom. The molecule has 3 aromatic rings. The number of imidazole rings is 1. The van der Waals surface area contributed by atoms with Crippen molar-refractivity contribution in [3.8, 4) is 0 Å². The molecule has 4 unspecified atom stereocenters. The van der Waals surface area contributed by atoms with Crippen molar-refractivity contribution in [3.05, 3.63) is 30.6 Å². The molecule has 0 bridgehead atoms. The Balaban J connectivity index is 1.01. The smallest absolute Gasteiger partial charge is 0.362 e. The molecule has 3 amide bonds. The van der Waals surface area contributed by atoms with Gasteiger partial charge in [0.05, 0.1) is 36.1 Å². The van der Waals surface area contributed by atoms with Crippen molar-refractivity contribution in [2.75, 3.05) is 18.1 Å². The predicted octanol–water partition coefficient (Wildman–Crippen LogP) is -0.111. The molecule has 3 aliphatic rings. The van der Waals surface area contributed by atoms with E-state index in [9.17, 15) is 28.2 Å². The molecule has 3 saturated heterocycles. The minimum atomic E-state index is -4.50. The van der Waals surface area contributed by atoms with Crippen molar-refractivity contribution in [3.63, 3.8) is 0 Å². The number of hydrogen-bond acceptors (Lipinski definition) is 12. The van der Waals surface area contributed by atoms with Crippen LogP contribution in [0, 0.1) is 0 Å². The number of thioether (sulfide) groups is 1. The summed E-state index contributed by atoms with van der Waals surface area (Å²) in [6, 6.07) is 7.22. The Morgan fingerprint density at radius 3 is 2.88 bits per heavy atom. The summed E-state index contributed by atoms with van der Waals surface area (Å²) in [5.41, 5.74) is 7.59. The number of carbonyl (C=O) groups is 2. The van der Waals surface area contributed by atoms with Gasteiger partial charge in [0, 0.05) is 22.8 Å². The molecule has 7 N–H and O–H groups in total. The minimum absolute atomic E-state index is 0.0261. The summed E-state index contributed by atoms with van der Waals surface area (Å²) >= 11 is 1.77. The SMILES string of the molecule is Nc1nc2ccccc2c2c1ncn2[C@@H]1OC(COS(=O)(=O)NC(=O)CCCCC2SCC3NC(=O)NC32)[C@@H](O)[C@H]1O. The number of anilines is 1. The van der Waals surface area contributed by atoms with E-state index in [0.717, 1.165) is 12.2 Å². The van der Waals surface area contributed by atoms with Gasteiger partial charge in [-0.05, 0) is 18.9 Å². The van der Waals surface area contributed by atoms with E-state index in [1.54, 1.807) is 23.9 Å². The summed E-state index contributed by atoms with van der Waals surface area (Å²) in [7, 11) is -4.50. The highest BCUT2D eigenvalue weighted by Gasteiger charge is 2.45. The number of amides is 3. The number of carbonyl (C=O) groups excluding carboxylic acids is 2. The van der Waals surface area contributed by atoms with Crippen molar-refractivity contribution >= 4 is 61.8 Å². The molecule has 3 fully saturated rings. The fourth-order valence-electron chi connectivity index (χ4n) is 5.71. The van der Waals surface area contributed by atoms with Crippen LogP contribution in [0.15, 0.2) is 30.6 Å². The number of unbranched alkanes of at least 4 members (excludes halogenated alkanes) is 1. The molecule has 7 atom stereocenters. The highest BCUT2D eigenvalue weighted by atomic mass is 32.2. The normalized spacial score (nSPS) is 29.1. The molecule has 6 rings (SSSR count). The Hall–Kier alpha value is -3.22. The number of nitrogens with zero attached hydrogens (tertiary/aromatic N) is 3. The zero-order valence-electron chi connectivity index (χ0n) is 22.3. The maximum atomic E-state index is 12.4. The number of pyridine rings is 1. The molecule has 5 heterocycles. The first-order valence-electron chi connectivity index (χ1n) is 13.5. The molecule has 0 radical (unpaired) electrons. The van der Waals surface area contributed by atoms with Gasteiger partial charge in [-0.25, -0.2) is 19.5 Å². The number of nitrogens with one attached hydrogen (secondary N) is 3. The number of nitrogen functional groups attached to an aromatic ring is 1. The van der Waals surface area contributed by atoms with Gasteiger partial charge in [-0.2, -0.15) is 20.2 Å². The average molecular weight is 622 g/mol.